The molecule has 2 fully saturated rings. The Labute approximate surface area is 105 Å². The third-order valence-electron chi connectivity index (χ3n) is 4.34. The van der Waals surface area contributed by atoms with Crippen molar-refractivity contribution in [3.05, 3.63) is 0 Å². The highest BCUT2D eigenvalue weighted by molar-refractivity contribution is 7.99. The summed E-state index contributed by atoms with van der Waals surface area (Å²) >= 11 is 2.13. The Morgan fingerprint density at radius 1 is 0.875 bits per heavy atom. The minimum atomic E-state index is 0.976. The van der Waals surface area contributed by atoms with E-state index >= 15 is 0 Å². The van der Waals surface area contributed by atoms with Gasteiger partial charge in [0, 0.05) is 0 Å². The monoisotopic (exact) mass is 241 g/mol. The second kappa shape index (κ2) is 6.90. The molecule has 2 aliphatic rings. The van der Waals surface area contributed by atoms with Crippen LogP contribution in [0.4, 0.5) is 0 Å². The van der Waals surface area contributed by atoms with E-state index in [0.717, 1.165) is 17.8 Å². The van der Waals surface area contributed by atoms with Crippen molar-refractivity contribution in [3.8, 4) is 0 Å². The second-order valence-corrected chi connectivity index (χ2v) is 7.06. The van der Waals surface area contributed by atoms with Gasteiger partial charge >= 0.3 is 0 Å². The molecule has 0 amide bonds. The minimum absolute atomic E-state index is 0.976. The Morgan fingerprint density at radius 2 is 1.44 bits per heavy atom. The Morgan fingerprint density at radius 3 is 2.06 bits per heavy atom. The van der Waals surface area contributed by atoms with Gasteiger partial charge in [-0.15, -0.1) is 0 Å². The molecule has 1 aliphatic heterocycles. The lowest BCUT2D eigenvalue weighted by Crippen LogP contribution is -2.31. The Balaban J connectivity index is 1.53. The molecule has 0 radical (unpaired) electrons. The van der Waals surface area contributed by atoms with Gasteiger partial charge in [-0.1, -0.05) is 19.8 Å². The van der Waals surface area contributed by atoms with Crippen LogP contribution in [0.25, 0.3) is 0 Å². The van der Waals surface area contributed by atoms with Crippen molar-refractivity contribution in [3.63, 3.8) is 0 Å². The van der Waals surface area contributed by atoms with Crippen molar-refractivity contribution in [2.75, 3.05) is 24.6 Å². The summed E-state index contributed by atoms with van der Waals surface area (Å²) in [7, 11) is 0. The maximum Gasteiger partial charge on any atom is -0.00198 e. The van der Waals surface area contributed by atoms with Crippen LogP contribution >= 0.6 is 11.8 Å². The Kier molecular flexibility index (Phi) is 5.51. The van der Waals surface area contributed by atoms with Crippen LogP contribution in [0.1, 0.15) is 45.4 Å². The fourth-order valence-electron chi connectivity index (χ4n) is 2.98. The number of hydrogen-bond donors (Lipinski definition) is 1. The molecule has 0 aromatic heterocycles. The summed E-state index contributed by atoms with van der Waals surface area (Å²) in [6.45, 7) is 4.98. The average molecular weight is 241 g/mol. The first-order valence-electron chi connectivity index (χ1n) is 7.13. The highest BCUT2D eigenvalue weighted by Crippen LogP contribution is 2.28. The van der Waals surface area contributed by atoms with E-state index in [0.29, 0.717) is 0 Å². The molecule has 0 atom stereocenters. The predicted octanol–water partition coefficient (Wildman–Crippen LogP) is 3.55. The van der Waals surface area contributed by atoms with E-state index in [1.807, 2.05) is 0 Å². The molecule has 0 spiro atoms. The molecule has 1 heterocycles. The van der Waals surface area contributed by atoms with Gasteiger partial charge in [0.15, 0.2) is 0 Å². The van der Waals surface area contributed by atoms with Crippen molar-refractivity contribution in [2.24, 2.45) is 17.8 Å². The zero-order chi connectivity index (χ0) is 11.2. The highest BCUT2D eigenvalue weighted by Gasteiger charge is 2.18. The van der Waals surface area contributed by atoms with E-state index in [1.165, 1.54) is 63.1 Å². The molecule has 1 nitrogen and oxygen atoms in total. The number of hydrogen-bond acceptors (Lipinski definition) is 2. The average Bonchev–Trinajstić information content (AvgIpc) is 2.33. The molecule has 16 heavy (non-hydrogen) atoms. The van der Waals surface area contributed by atoms with E-state index in [9.17, 15) is 0 Å². The van der Waals surface area contributed by atoms with Gasteiger partial charge in [-0.05, 0) is 68.0 Å². The molecule has 2 heteroatoms. The van der Waals surface area contributed by atoms with Crippen LogP contribution < -0.4 is 5.32 Å². The van der Waals surface area contributed by atoms with E-state index in [1.54, 1.807) is 0 Å². The summed E-state index contributed by atoms with van der Waals surface area (Å²) in [4.78, 5) is 0. The molecular formula is C14H27NS. The summed E-state index contributed by atoms with van der Waals surface area (Å²) in [6, 6.07) is 0. The molecule has 1 aliphatic carbocycles. The van der Waals surface area contributed by atoms with Crippen LogP contribution in [0.15, 0.2) is 0 Å². The third-order valence-corrected chi connectivity index (χ3v) is 5.39. The Bertz CT molecular complexity index is 181. The van der Waals surface area contributed by atoms with Gasteiger partial charge in [-0.3, -0.25) is 0 Å². The smallest absolute Gasteiger partial charge is 0.00198 e. The quantitative estimate of drug-likeness (QED) is 0.808. The fourth-order valence-corrected chi connectivity index (χ4v) is 4.18. The standard InChI is InChI=1S/C14H27NS/c1-12-2-4-13(5-3-12)10-15-11-14-6-8-16-9-7-14/h12-15H,2-11H2,1H3. The highest BCUT2D eigenvalue weighted by atomic mass is 32.2. The maximum atomic E-state index is 3.73. The lowest BCUT2D eigenvalue weighted by Gasteiger charge is -2.28. The number of thioether (sulfide) groups is 1. The van der Waals surface area contributed by atoms with E-state index < -0.39 is 0 Å². The van der Waals surface area contributed by atoms with Crippen molar-refractivity contribution in [2.45, 2.75) is 45.4 Å². The van der Waals surface area contributed by atoms with Gasteiger partial charge in [0.2, 0.25) is 0 Å². The van der Waals surface area contributed by atoms with Crippen molar-refractivity contribution < 1.29 is 0 Å². The van der Waals surface area contributed by atoms with Crippen LogP contribution in [-0.4, -0.2) is 24.6 Å². The topological polar surface area (TPSA) is 12.0 Å². The summed E-state index contributed by atoms with van der Waals surface area (Å²) in [5, 5.41) is 3.73. The summed E-state index contributed by atoms with van der Waals surface area (Å²) in [5.74, 6) is 5.74. The molecular weight excluding hydrogens is 214 g/mol. The molecule has 1 N–H and O–H groups in total. The number of rotatable bonds is 4. The van der Waals surface area contributed by atoms with Gasteiger partial charge < -0.3 is 5.32 Å². The molecule has 1 saturated heterocycles. The summed E-state index contributed by atoms with van der Waals surface area (Å²) < 4.78 is 0. The number of nitrogens with one attached hydrogen (secondary N) is 1. The maximum absolute atomic E-state index is 3.73. The lowest BCUT2D eigenvalue weighted by atomic mass is 9.83. The first kappa shape index (κ1) is 12.8. The molecule has 0 unspecified atom stereocenters. The van der Waals surface area contributed by atoms with Crippen LogP contribution in [0, 0.1) is 17.8 Å². The van der Waals surface area contributed by atoms with Crippen LogP contribution in [0.3, 0.4) is 0 Å². The van der Waals surface area contributed by atoms with E-state index in [-0.39, 0.29) is 0 Å². The van der Waals surface area contributed by atoms with E-state index in [2.05, 4.69) is 24.0 Å². The zero-order valence-electron chi connectivity index (χ0n) is 10.7. The predicted molar refractivity (Wildman–Crippen MR) is 74.0 cm³/mol. The van der Waals surface area contributed by atoms with E-state index in [4.69, 9.17) is 0 Å². The first-order chi connectivity index (χ1) is 7.84. The van der Waals surface area contributed by atoms with Gasteiger partial charge in [-0.2, -0.15) is 11.8 Å². The molecule has 94 valence electrons. The van der Waals surface area contributed by atoms with Crippen LogP contribution in [-0.2, 0) is 0 Å². The van der Waals surface area contributed by atoms with Gasteiger partial charge in [-0.25, -0.2) is 0 Å². The molecule has 0 bridgehead atoms. The summed E-state index contributed by atoms with van der Waals surface area (Å²) in [5.41, 5.74) is 0. The molecule has 1 saturated carbocycles. The van der Waals surface area contributed by atoms with Gasteiger partial charge in [0.1, 0.15) is 0 Å². The molecule has 0 aromatic carbocycles. The van der Waals surface area contributed by atoms with Crippen molar-refractivity contribution in [1.29, 1.82) is 0 Å². The van der Waals surface area contributed by atoms with Gasteiger partial charge in [0.05, 0.1) is 0 Å². The van der Waals surface area contributed by atoms with Crippen molar-refractivity contribution in [1.82, 2.24) is 5.32 Å². The minimum Gasteiger partial charge on any atom is -0.316 e. The largest absolute Gasteiger partial charge is 0.316 e. The summed E-state index contributed by atoms with van der Waals surface area (Å²) in [6.07, 6.45) is 8.75. The normalized spacial score (nSPS) is 32.8. The SMILES string of the molecule is CC1CCC(CNCC2CCSCC2)CC1. The van der Waals surface area contributed by atoms with Crippen LogP contribution in [0.5, 0.6) is 0 Å². The first-order valence-corrected chi connectivity index (χ1v) is 8.28. The second-order valence-electron chi connectivity index (χ2n) is 5.84. The lowest BCUT2D eigenvalue weighted by molar-refractivity contribution is 0.276. The molecule has 2 rings (SSSR count). The fraction of sp³-hybridized carbons (Fsp3) is 1.00. The van der Waals surface area contributed by atoms with Crippen LogP contribution in [0.2, 0.25) is 0 Å². The zero-order valence-corrected chi connectivity index (χ0v) is 11.5. The molecule has 0 aromatic rings. The Hall–Kier alpha value is 0.310. The van der Waals surface area contributed by atoms with Crippen molar-refractivity contribution >= 4 is 11.8 Å². The third kappa shape index (κ3) is 4.29. The van der Waals surface area contributed by atoms with Gasteiger partial charge in [0.25, 0.3) is 0 Å².